The number of aromatic amines is 1. The third-order valence-electron chi connectivity index (χ3n) is 4.99. The fraction of sp³-hybridized carbons (Fsp3) is 0.0870. The molecule has 33 heavy (non-hydrogen) atoms. The SMILES string of the molecule is CNS(=O)(=O)c1ccccc1-c1ccc2[nH]c(/C=C/c3ccc(F)c(C(F)(F)F)c3)nc2c1. The molecule has 0 saturated carbocycles. The number of imidazole rings is 1. The van der Waals surface area contributed by atoms with E-state index < -0.39 is 27.6 Å². The van der Waals surface area contributed by atoms with E-state index in [1.165, 1.54) is 31.3 Å². The van der Waals surface area contributed by atoms with Crippen molar-refractivity contribution in [3.63, 3.8) is 0 Å². The zero-order valence-electron chi connectivity index (χ0n) is 17.1. The number of alkyl halides is 3. The van der Waals surface area contributed by atoms with Gasteiger partial charge in [-0.05, 0) is 54.6 Å². The van der Waals surface area contributed by atoms with E-state index in [1.807, 2.05) is 0 Å². The molecule has 1 heterocycles. The highest BCUT2D eigenvalue weighted by molar-refractivity contribution is 7.89. The van der Waals surface area contributed by atoms with Gasteiger partial charge in [-0.3, -0.25) is 0 Å². The van der Waals surface area contributed by atoms with Crippen molar-refractivity contribution in [3.8, 4) is 11.1 Å². The Hall–Kier alpha value is -3.50. The van der Waals surface area contributed by atoms with Crippen LogP contribution in [0, 0.1) is 5.82 Å². The smallest absolute Gasteiger partial charge is 0.338 e. The number of nitrogens with one attached hydrogen (secondary N) is 2. The lowest BCUT2D eigenvalue weighted by molar-refractivity contribution is -0.140. The van der Waals surface area contributed by atoms with E-state index in [1.54, 1.807) is 36.4 Å². The molecule has 0 aliphatic heterocycles. The summed E-state index contributed by atoms with van der Waals surface area (Å²) < 4.78 is 79.2. The molecule has 0 radical (unpaired) electrons. The Kier molecular flexibility index (Phi) is 5.81. The summed E-state index contributed by atoms with van der Waals surface area (Å²) in [6, 6.07) is 14.5. The van der Waals surface area contributed by atoms with Crippen molar-refractivity contribution in [2.75, 3.05) is 7.05 Å². The van der Waals surface area contributed by atoms with E-state index >= 15 is 0 Å². The molecule has 0 spiro atoms. The van der Waals surface area contributed by atoms with Gasteiger partial charge in [0, 0.05) is 5.56 Å². The fourth-order valence-corrected chi connectivity index (χ4v) is 4.31. The van der Waals surface area contributed by atoms with Crippen molar-refractivity contribution >= 4 is 33.2 Å². The molecule has 170 valence electrons. The first kappa shape index (κ1) is 22.7. The van der Waals surface area contributed by atoms with Gasteiger partial charge in [-0.15, -0.1) is 0 Å². The Balaban J connectivity index is 1.68. The van der Waals surface area contributed by atoms with E-state index in [4.69, 9.17) is 0 Å². The number of halogens is 4. The van der Waals surface area contributed by atoms with Crippen LogP contribution in [-0.2, 0) is 16.2 Å². The zero-order chi connectivity index (χ0) is 23.8. The Morgan fingerprint density at radius 2 is 1.76 bits per heavy atom. The number of rotatable bonds is 5. The Morgan fingerprint density at radius 3 is 2.48 bits per heavy atom. The summed E-state index contributed by atoms with van der Waals surface area (Å²) in [6.45, 7) is 0. The second-order valence-corrected chi connectivity index (χ2v) is 8.98. The first-order valence-corrected chi connectivity index (χ1v) is 11.1. The average molecular weight is 475 g/mol. The normalized spacial score (nSPS) is 12.6. The molecule has 3 aromatic carbocycles. The zero-order valence-corrected chi connectivity index (χ0v) is 17.9. The third kappa shape index (κ3) is 4.67. The number of H-pyrrole nitrogens is 1. The minimum absolute atomic E-state index is 0.124. The highest BCUT2D eigenvalue weighted by Crippen LogP contribution is 2.32. The minimum atomic E-state index is -4.79. The molecule has 2 N–H and O–H groups in total. The molecule has 1 aromatic heterocycles. The average Bonchev–Trinajstić information content (AvgIpc) is 3.20. The molecule has 0 bridgehead atoms. The highest BCUT2D eigenvalue weighted by Gasteiger charge is 2.34. The number of aromatic nitrogens is 2. The summed E-state index contributed by atoms with van der Waals surface area (Å²) in [5.41, 5.74) is 1.15. The Bertz CT molecular complexity index is 1470. The van der Waals surface area contributed by atoms with Crippen molar-refractivity contribution < 1.29 is 26.0 Å². The van der Waals surface area contributed by atoms with Gasteiger partial charge in [0.05, 0.1) is 21.5 Å². The maximum Gasteiger partial charge on any atom is 0.419 e. The molecule has 4 rings (SSSR count). The van der Waals surface area contributed by atoms with Gasteiger partial charge in [-0.1, -0.05) is 36.4 Å². The quantitative estimate of drug-likeness (QED) is 0.376. The monoisotopic (exact) mass is 475 g/mol. The van der Waals surface area contributed by atoms with Crippen LogP contribution in [0.3, 0.4) is 0 Å². The molecule has 10 heteroatoms. The maximum absolute atomic E-state index is 13.5. The Morgan fingerprint density at radius 1 is 1.00 bits per heavy atom. The summed E-state index contributed by atoms with van der Waals surface area (Å²) in [7, 11) is -2.34. The largest absolute Gasteiger partial charge is 0.419 e. The number of fused-ring (bicyclic) bond motifs is 1. The summed E-state index contributed by atoms with van der Waals surface area (Å²) >= 11 is 0. The van der Waals surface area contributed by atoms with Crippen molar-refractivity contribution in [1.82, 2.24) is 14.7 Å². The van der Waals surface area contributed by atoms with Crippen LogP contribution in [0.5, 0.6) is 0 Å². The summed E-state index contributed by atoms with van der Waals surface area (Å²) in [5, 5.41) is 0. The molecule has 0 amide bonds. The summed E-state index contributed by atoms with van der Waals surface area (Å²) in [6.07, 6.45) is -1.92. The second-order valence-electron chi connectivity index (χ2n) is 7.13. The predicted molar refractivity (Wildman–Crippen MR) is 118 cm³/mol. The molecule has 0 unspecified atom stereocenters. The van der Waals surface area contributed by atoms with Crippen LogP contribution in [0.2, 0.25) is 0 Å². The van der Waals surface area contributed by atoms with E-state index in [0.717, 1.165) is 12.1 Å². The maximum atomic E-state index is 13.5. The number of sulfonamides is 1. The molecular formula is C23H17F4N3O2S. The van der Waals surface area contributed by atoms with Crippen molar-refractivity contribution in [3.05, 3.63) is 83.4 Å². The van der Waals surface area contributed by atoms with Gasteiger partial charge in [-0.25, -0.2) is 22.5 Å². The first-order chi connectivity index (χ1) is 15.6. The summed E-state index contributed by atoms with van der Waals surface area (Å²) in [4.78, 5) is 7.57. The van der Waals surface area contributed by atoms with Gasteiger partial charge in [0.25, 0.3) is 0 Å². The number of hydrogen-bond acceptors (Lipinski definition) is 3. The predicted octanol–water partition coefficient (Wildman–Crippen LogP) is 5.47. The topological polar surface area (TPSA) is 74.8 Å². The van der Waals surface area contributed by atoms with Crippen molar-refractivity contribution in [2.24, 2.45) is 0 Å². The van der Waals surface area contributed by atoms with Crippen LogP contribution in [-0.4, -0.2) is 25.4 Å². The summed E-state index contributed by atoms with van der Waals surface area (Å²) in [5.74, 6) is -0.965. The van der Waals surface area contributed by atoms with Gasteiger partial charge in [0.15, 0.2) is 0 Å². The molecular weight excluding hydrogens is 458 g/mol. The van der Waals surface area contributed by atoms with E-state index in [9.17, 15) is 26.0 Å². The molecule has 0 aliphatic carbocycles. The molecule has 5 nitrogen and oxygen atoms in total. The molecule has 4 aromatic rings. The molecule has 0 atom stereocenters. The third-order valence-corrected chi connectivity index (χ3v) is 6.46. The van der Waals surface area contributed by atoms with Gasteiger partial charge in [0.2, 0.25) is 10.0 Å². The Labute approximate surface area is 186 Å². The molecule has 0 saturated heterocycles. The van der Waals surface area contributed by atoms with Crippen LogP contribution in [0.25, 0.3) is 34.3 Å². The van der Waals surface area contributed by atoms with Crippen LogP contribution in [0.4, 0.5) is 17.6 Å². The number of nitrogens with zero attached hydrogens (tertiary/aromatic N) is 1. The van der Waals surface area contributed by atoms with Gasteiger partial charge < -0.3 is 4.98 Å². The van der Waals surface area contributed by atoms with E-state index in [-0.39, 0.29) is 10.5 Å². The minimum Gasteiger partial charge on any atom is -0.338 e. The van der Waals surface area contributed by atoms with E-state index in [2.05, 4.69) is 14.7 Å². The number of benzene rings is 3. The van der Waals surface area contributed by atoms with E-state index in [0.29, 0.717) is 28.0 Å². The van der Waals surface area contributed by atoms with Crippen molar-refractivity contribution in [1.29, 1.82) is 0 Å². The van der Waals surface area contributed by atoms with Crippen LogP contribution in [0.15, 0.2) is 65.6 Å². The second kappa shape index (κ2) is 8.45. The first-order valence-electron chi connectivity index (χ1n) is 9.66. The van der Waals surface area contributed by atoms with Crippen LogP contribution in [0.1, 0.15) is 17.0 Å². The van der Waals surface area contributed by atoms with Crippen LogP contribution < -0.4 is 4.72 Å². The van der Waals surface area contributed by atoms with Gasteiger partial charge in [0.1, 0.15) is 11.6 Å². The lowest BCUT2D eigenvalue weighted by atomic mass is 10.1. The van der Waals surface area contributed by atoms with Gasteiger partial charge in [-0.2, -0.15) is 13.2 Å². The standard InChI is InChI=1S/C23H17F4N3O2S/c1-28-33(31,32)21-5-3-2-4-16(21)15-8-10-19-20(13-15)30-22(29-19)11-7-14-6-9-18(24)17(12-14)23(25,26)27/h2-13,28H,1H3,(H,29,30)/b11-7+. The molecule has 0 aliphatic rings. The number of hydrogen-bond donors (Lipinski definition) is 2. The molecule has 0 fully saturated rings. The van der Waals surface area contributed by atoms with Crippen LogP contribution >= 0.6 is 0 Å². The van der Waals surface area contributed by atoms with Crippen molar-refractivity contribution in [2.45, 2.75) is 11.1 Å². The lowest BCUT2D eigenvalue weighted by Gasteiger charge is -2.09. The fourth-order valence-electron chi connectivity index (χ4n) is 3.36. The lowest BCUT2D eigenvalue weighted by Crippen LogP contribution is -2.19. The van der Waals surface area contributed by atoms with Gasteiger partial charge >= 0.3 is 6.18 Å². The highest BCUT2D eigenvalue weighted by atomic mass is 32.2.